The van der Waals surface area contributed by atoms with Gasteiger partial charge in [-0.25, -0.2) is 0 Å². The topological polar surface area (TPSA) is 15.8 Å². The molecule has 2 rings (SSSR count). The number of hydrogen-bond acceptors (Lipinski definition) is 0. The van der Waals surface area contributed by atoms with Crippen molar-refractivity contribution in [3.05, 3.63) is 30.0 Å². The molecular formula is C9H8BN. The molecule has 52 valence electrons. The third-order valence-corrected chi connectivity index (χ3v) is 1.78. The summed E-state index contributed by atoms with van der Waals surface area (Å²) in [5.41, 5.74) is 3.14. The first-order valence-corrected chi connectivity index (χ1v) is 3.60. The minimum absolute atomic E-state index is 0.816. The normalized spacial score (nSPS) is 10.6. The van der Waals surface area contributed by atoms with E-state index in [1.54, 1.807) is 0 Å². The highest BCUT2D eigenvalue weighted by Gasteiger charge is 1.95. The monoisotopic (exact) mass is 141 g/mol. The Hall–Kier alpha value is -1.18. The zero-order valence-electron chi connectivity index (χ0n) is 6.39. The molecule has 0 bridgehead atoms. The highest BCUT2D eigenvalue weighted by Crippen LogP contribution is 2.11. The van der Waals surface area contributed by atoms with Crippen LogP contribution in [0.15, 0.2) is 24.3 Å². The molecule has 2 aromatic rings. The van der Waals surface area contributed by atoms with Crippen molar-refractivity contribution in [2.75, 3.05) is 0 Å². The molecule has 0 aliphatic heterocycles. The first-order chi connectivity index (χ1) is 5.25. The van der Waals surface area contributed by atoms with Gasteiger partial charge >= 0.3 is 0 Å². The lowest BCUT2D eigenvalue weighted by atomic mass is 9.95. The molecule has 0 aliphatic carbocycles. The number of hydrogen-bond donors (Lipinski definition) is 1. The van der Waals surface area contributed by atoms with E-state index in [1.807, 2.05) is 25.1 Å². The quantitative estimate of drug-likeness (QED) is 0.531. The highest BCUT2D eigenvalue weighted by atomic mass is 14.7. The molecule has 0 spiro atoms. The van der Waals surface area contributed by atoms with Gasteiger partial charge in [-0.1, -0.05) is 17.6 Å². The van der Waals surface area contributed by atoms with Crippen molar-refractivity contribution in [1.29, 1.82) is 0 Å². The highest BCUT2D eigenvalue weighted by molar-refractivity contribution is 6.33. The molecule has 2 radical (unpaired) electrons. The van der Waals surface area contributed by atoms with E-state index in [9.17, 15) is 0 Å². The number of benzene rings is 1. The van der Waals surface area contributed by atoms with Crippen LogP contribution in [-0.2, 0) is 0 Å². The van der Waals surface area contributed by atoms with Crippen LogP contribution in [-0.4, -0.2) is 12.8 Å². The van der Waals surface area contributed by atoms with E-state index >= 15 is 0 Å². The molecule has 1 heterocycles. The molecule has 0 unspecified atom stereocenters. The van der Waals surface area contributed by atoms with Gasteiger partial charge in [-0.3, -0.25) is 0 Å². The second-order valence-corrected chi connectivity index (χ2v) is 2.80. The largest absolute Gasteiger partial charge is 0.359 e. The van der Waals surface area contributed by atoms with Crippen LogP contribution < -0.4 is 5.46 Å². The Kier molecular flexibility index (Phi) is 1.28. The molecular weight excluding hydrogens is 133 g/mol. The van der Waals surface area contributed by atoms with Crippen molar-refractivity contribution in [2.45, 2.75) is 6.92 Å². The molecule has 0 atom stereocenters. The Balaban J connectivity index is 2.82. The van der Waals surface area contributed by atoms with Gasteiger partial charge in [0.25, 0.3) is 0 Å². The predicted octanol–water partition coefficient (Wildman–Crippen LogP) is 1.27. The van der Waals surface area contributed by atoms with Crippen LogP contribution in [0.5, 0.6) is 0 Å². The number of H-pyrrole nitrogens is 1. The van der Waals surface area contributed by atoms with Crippen molar-refractivity contribution in [1.82, 2.24) is 4.98 Å². The summed E-state index contributed by atoms with van der Waals surface area (Å²) in [6.07, 6.45) is 0. The molecule has 1 aromatic heterocycles. The summed E-state index contributed by atoms with van der Waals surface area (Å²) < 4.78 is 0. The predicted molar refractivity (Wildman–Crippen MR) is 48.4 cm³/mol. The lowest BCUT2D eigenvalue weighted by Gasteiger charge is -1.90. The molecule has 0 amide bonds. The fourth-order valence-electron chi connectivity index (χ4n) is 1.30. The lowest BCUT2D eigenvalue weighted by Crippen LogP contribution is -1.98. The molecule has 0 saturated carbocycles. The van der Waals surface area contributed by atoms with Crippen molar-refractivity contribution < 1.29 is 0 Å². The Bertz CT molecular complexity index is 389. The summed E-state index contributed by atoms with van der Waals surface area (Å²) in [5, 5.41) is 1.18. The van der Waals surface area contributed by atoms with Gasteiger partial charge in [0.1, 0.15) is 7.85 Å². The van der Waals surface area contributed by atoms with Gasteiger partial charge < -0.3 is 4.98 Å². The number of aromatic nitrogens is 1. The molecule has 0 fully saturated rings. The van der Waals surface area contributed by atoms with Crippen LogP contribution in [0.2, 0.25) is 0 Å². The Morgan fingerprint density at radius 1 is 1.27 bits per heavy atom. The average molecular weight is 141 g/mol. The van der Waals surface area contributed by atoms with Gasteiger partial charge in [0.05, 0.1) is 0 Å². The van der Waals surface area contributed by atoms with Crippen molar-refractivity contribution in [3.8, 4) is 0 Å². The third kappa shape index (κ3) is 1.05. The molecule has 1 N–H and O–H groups in total. The van der Waals surface area contributed by atoms with E-state index < -0.39 is 0 Å². The molecule has 11 heavy (non-hydrogen) atoms. The van der Waals surface area contributed by atoms with Gasteiger partial charge in [-0.05, 0) is 24.4 Å². The van der Waals surface area contributed by atoms with Gasteiger partial charge in [0, 0.05) is 11.2 Å². The minimum Gasteiger partial charge on any atom is -0.359 e. The maximum absolute atomic E-state index is 5.62. The van der Waals surface area contributed by atoms with Gasteiger partial charge in [0.2, 0.25) is 0 Å². The smallest absolute Gasteiger partial charge is 0.113 e. The maximum atomic E-state index is 5.62. The first-order valence-electron chi connectivity index (χ1n) is 3.60. The molecule has 0 aliphatic rings. The Morgan fingerprint density at radius 2 is 2.09 bits per heavy atom. The summed E-state index contributed by atoms with van der Waals surface area (Å²) in [5.74, 6) is 0. The van der Waals surface area contributed by atoms with E-state index in [2.05, 4.69) is 11.1 Å². The van der Waals surface area contributed by atoms with E-state index in [0.29, 0.717) is 0 Å². The van der Waals surface area contributed by atoms with E-state index in [-0.39, 0.29) is 0 Å². The second kappa shape index (κ2) is 2.16. The standard InChI is InChI=1S/C9H8BN/c1-6-4-7-5-8(10)2-3-9(7)11-6/h2-5,11H,1H3. The zero-order chi connectivity index (χ0) is 7.84. The van der Waals surface area contributed by atoms with Crippen LogP contribution in [0.1, 0.15) is 5.69 Å². The lowest BCUT2D eigenvalue weighted by molar-refractivity contribution is 1.30. The van der Waals surface area contributed by atoms with Crippen LogP contribution in [0.4, 0.5) is 0 Å². The van der Waals surface area contributed by atoms with Crippen LogP contribution in [0.25, 0.3) is 10.9 Å². The number of aromatic amines is 1. The van der Waals surface area contributed by atoms with E-state index in [4.69, 9.17) is 7.85 Å². The van der Waals surface area contributed by atoms with Crippen LogP contribution in [0, 0.1) is 6.92 Å². The minimum atomic E-state index is 0.816. The molecule has 0 saturated heterocycles. The summed E-state index contributed by atoms with van der Waals surface area (Å²) in [4.78, 5) is 3.23. The summed E-state index contributed by atoms with van der Waals surface area (Å²) >= 11 is 0. The number of nitrogens with one attached hydrogen (secondary N) is 1. The second-order valence-electron chi connectivity index (χ2n) is 2.80. The molecule has 1 aromatic carbocycles. The number of rotatable bonds is 0. The Labute approximate surface area is 66.8 Å². The van der Waals surface area contributed by atoms with Crippen LogP contribution >= 0.6 is 0 Å². The number of fused-ring (bicyclic) bond motifs is 1. The van der Waals surface area contributed by atoms with Gasteiger partial charge in [-0.2, -0.15) is 0 Å². The number of aryl methyl sites for hydroxylation is 1. The third-order valence-electron chi connectivity index (χ3n) is 1.78. The summed E-state index contributed by atoms with van der Waals surface area (Å²) in [7, 11) is 5.62. The fourth-order valence-corrected chi connectivity index (χ4v) is 1.30. The Morgan fingerprint density at radius 3 is 2.91 bits per heavy atom. The van der Waals surface area contributed by atoms with Crippen molar-refractivity contribution >= 4 is 24.2 Å². The fraction of sp³-hybridized carbons (Fsp3) is 0.111. The average Bonchev–Trinajstić information content (AvgIpc) is 2.27. The van der Waals surface area contributed by atoms with Crippen molar-refractivity contribution in [2.24, 2.45) is 0 Å². The summed E-state index contributed by atoms with van der Waals surface area (Å²) in [6, 6.07) is 7.96. The van der Waals surface area contributed by atoms with E-state index in [1.165, 1.54) is 11.1 Å². The van der Waals surface area contributed by atoms with Gasteiger partial charge in [0.15, 0.2) is 0 Å². The van der Waals surface area contributed by atoms with Crippen LogP contribution in [0.3, 0.4) is 0 Å². The van der Waals surface area contributed by atoms with E-state index in [0.717, 1.165) is 11.0 Å². The summed E-state index contributed by atoms with van der Waals surface area (Å²) in [6.45, 7) is 2.04. The van der Waals surface area contributed by atoms with Gasteiger partial charge in [-0.15, -0.1) is 0 Å². The SMILES string of the molecule is [B]c1ccc2[nH]c(C)cc2c1. The molecule has 1 nitrogen and oxygen atoms in total. The maximum Gasteiger partial charge on any atom is 0.113 e. The van der Waals surface area contributed by atoms with Crippen molar-refractivity contribution in [3.63, 3.8) is 0 Å². The zero-order valence-corrected chi connectivity index (χ0v) is 6.39. The first kappa shape index (κ1) is 6.53. The molecule has 2 heteroatoms.